The number of nitrogens with one attached hydrogen (secondary N) is 2. The molecule has 0 radical (unpaired) electrons. The number of likely N-dealkylation sites (N-methyl/N-ethyl adjacent to an activating group) is 1. The molecule has 0 spiro atoms. The van der Waals surface area contributed by atoms with Crippen LogP contribution in [0.5, 0.6) is 5.75 Å². The standard InChI is InChI=1S/C21H28FN5O3S/c1-4-27-20(29)17(31-21(27)18(23)19(28)25-12-10-22)9-11-24-15-5-7-16(8-6-15)30-14-13-26(2)3/h5-8,11,24H,4,10,12-14,23H2,1-3H3,(H,25,28)/b21-18+. The smallest absolute Gasteiger partial charge is 0.277 e. The Morgan fingerprint density at radius 3 is 2.68 bits per heavy atom. The molecule has 10 heteroatoms. The number of thiazole rings is 1. The lowest BCUT2D eigenvalue weighted by Crippen LogP contribution is -2.37. The maximum absolute atomic E-state index is 12.6. The second kappa shape index (κ2) is 11.9. The molecule has 1 amide bonds. The molecular weight excluding hydrogens is 421 g/mol. The molecule has 0 saturated carbocycles. The van der Waals surface area contributed by atoms with Gasteiger partial charge >= 0.3 is 0 Å². The van der Waals surface area contributed by atoms with Crippen LogP contribution in [0.2, 0.25) is 0 Å². The Balaban J connectivity index is 2.21. The average molecular weight is 450 g/mol. The summed E-state index contributed by atoms with van der Waals surface area (Å²) >= 11 is 1.06. The maximum Gasteiger partial charge on any atom is 0.277 e. The summed E-state index contributed by atoms with van der Waals surface area (Å²) in [6.45, 7) is 2.72. The number of carbonyl (C=O) groups excluding carboxylic acids is 1. The van der Waals surface area contributed by atoms with E-state index in [1.54, 1.807) is 6.92 Å². The number of anilines is 1. The van der Waals surface area contributed by atoms with Crippen molar-refractivity contribution in [2.45, 2.75) is 13.5 Å². The summed E-state index contributed by atoms with van der Waals surface area (Å²) in [6.07, 6.45) is 1.53. The highest BCUT2D eigenvalue weighted by Crippen LogP contribution is 2.15. The fourth-order valence-corrected chi connectivity index (χ4v) is 3.55. The molecule has 2 rings (SSSR count). The minimum Gasteiger partial charge on any atom is -0.492 e. The fraction of sp³-hybridized carbons (Fsp3) is 0.381. The Morgan fingerprint density at radius 1 is 1.35 bits per heavy atom. The Labute approximate surface area is 184 Å². The topological polar surface area (TPSA) is 102 Å². The van der Waals surface area contributed by atoms with Gasteiger partial charge in [0.2, 0.25) is 0 Å². The van der Waals surface area contributed by atoms with E-state index in [0.29, 0.717) is 22.3 Å². The van der Waals surface area contributed by atoms with Gasteiger partial charge in [0.05, 0.1) is 0 Å². The van der Waals surface area contributed by atoms with Crippen LogP contribution in [-0.4, -0.2) is 55.8 Å². The van der Waals surface area contributed by atoms with Gasteiger partial charge in [-0.05, 0) is 45.3 Å². The van der Waals surface area contributed by atoms with Crippen molar-refractivity contribution in [1.29, 1.82) is 0 Å². The Kier molecular flexibility index (Phi) is 9.33. The maximum atomic E-state index is 12.6. The van der Waals surface area contributed by atoms with Gasteiger partial charge < -0.3 is 26.0 Å². The summed E-state index contributed by atoms with van der Waals surface area (Å²) in [4.78, 5) is 26.6. The SMILES string of the molecule is CCn1c(=O)c(=C=CNc2ccc(OCCN(C)C)cc2)s/c1=C(/N)C(=O)NCCF. The quantitative estimate of drug-likeness (QED) is 0.473. The first-order valence-corrected chi connectivity index (χ1v) is 10.6. The summed E-state index contributed by atoms with van der Waals surface area (Å²) in [7, 11) is 3.97. The molecule has 0 aliphatic rings. The zero-order chi connectivity index (χ0) is 22.8. The van der Waals surface area contributed by atoms with Crippen molar-refractivity contribution in [3.05, 3.63) is 50.0 Å². The number of hydrogen-bond acceptors (Lipinski definition) is 7. The predicted molar refractivity (Wildman–Crippen MR) is 122 cm³/mol. The van der Waals surface area contributed by atoms with E-state index >= 15 is 0 Å². The third-order valence-corrected chi connectivity index (χ3v) is 5.29. The number of alkyl halides is 1. The third-order valence-electron chi connectivity index (χ3n) is 4.16. The van der Waals surface area contributed by atoms with Crippen molar-refractivity contribution in [3.63, 3.8) is 0 Å². The number of aromatic nitrogens is 1. The summed E-state index contributed by atoms with van der Waals surface area (Å²) in [5.74, 6) is 0.161. The van der Waals surface area contributed by atoms with Crippen LogP contribution in [-0.2, 0) is 11.3 Å². The summed E-state index contributed by atoms with van der Waals surface area (Å²) < 4.78 is 19.9. The molecule has 31 heavy (non-hydrogen) atoms. The third kappa shape index (κ3) is 6.99. The normalized spacial score (nSPS) is 11.6. The van der Waals surface area contributed by atoms with Crippen molar-refractivity contribution in [3.8, 4) is 5.75 Å². The second-order valence-electron chi connectivity index (χ2n) is 6.75. The molecule has 0 fully saturated rings. The number of benzene rings is 1. The number of carbonyl (C=O) groups is 1. The Morgan fingerprint density at radius 2 is 2.06 bits per heavy atom. The van der Waals surface area contributed by atoms with Gasteiger partial charge in [0.1, 0.15) is 33.9 Å². The van der Waals surface area contributed by atoms with Crippen LogP contribution in [0, 0.1) is 0 Å². The van der Waals surface area contributed by atoms with Crippen molar-refractivity contribution in [2.24, 2.45) is 5.73 Å². The summed E-state index contributed by atoms with van der Waals surface area (Å²) in [6, 6.07) is 7.42. The highest BCUT2D eigenvalue weighted by atomic mass is 32.1. The van der Waals surface area contributed by atoms with Gasteiger partial charge in [-0.15, -0.1) is 11.3 Å². The molecular formula is C21H28FN5O3S. The van der Waals surface area contributed by atoms with E-state index in [9.17, 15) is 14.0 Å². The van der Waals surface area contributed by atoms with Crippen molar-refractivity contribution < 1.29 is 13.9 Å². The minimum absolute atomic E-state index is 0.122. The molecule has 0 bridgehead atoms. The van der Waals surface area contributed by atoms with Crippen molar-refractivity contribution in [2.75, 3.05) is 45.8 Å². The largest absolute Gasteiger partial charge is 0.492 e. The molecule has 0 saturated heterocycles. The molecule has 0 unspecified atom stereocenters. The van der Waals surface area contributed by atoms with Crippen molar-refractivity contribution in [1.82, 2.24) is 14.8 Å². The zero-order valence-corrected chi connectivity index (χ0v) is 18.7. The van der Waals surface area contributed by atoms with E-state index in [1.807, 2.05) is 43.3 Å². The van der Waals surface area contributed by atoms with Gasteiger partial charge in [0, 0.05) is 31.5 Å². The summed E-state index contributed by atoms with van der Waals surface area (Å²) in [5.41, 5.74) is 9.18. The van der Waals surface area contributed by atoms with Crippen LogP contribution in [0.3, 0.4) is 0 Å². The first kappa shape index (κ1) is 24.2. The zero-order valence-electron chi connectivity index (χ0n) is 17.9. The summed E-state index contributed by atoms with van der Waals surface area (Å²) in [5, 5.41) is 5.41. The first-order valence-electron chi connectivity index (χ1n) is 9.80. The number of rotatable bonds is 10. The molecule has 1 aromatic carbocycles. The molecule has 2 aromatic rings. The van der Waals surface area contributed by atoms with E-state index < -0.39 is 12.6 Å². The van der Waals surface area contributed by atoms with Gasteiger partial charge in [0.25, 0.3) is 11.5 Å². The average Bonchev–Trinajstić information content (AvgIpc) is 3.07. The van der Waals surface area contributed by atoms with Gasteiger partial charge in [0.15, 0.2) is 0 Å². The van der Waals surface area contributed by atoms with Gasteiger partial charge in [-0.1, -0.05) is 5.73 Å². The lowest BCUT2D eigenvalue weighted by molar-refractivity contribution is -0.115. The van der Waals surface area contributed by atoms with Gasteiger partial charge in [-0.3, -0.25) is 14.2 Å². The molecule has 0 aliphatic heterocycles. The van der Waals surface area contributed by atoms with Crippen LogP contribution in [0.4, 0.5) is 10.1 Å². The van der Waals surface area contributed by atoms with E-state index in [1.165, 1.54) is 10.8 Å². The van der Waals surface area contributed by atoms with Crippen molar-refractivity contribution >= 4 is 34.4 Å². The van der Waals surface area contributed by atoms with E-state index in [4.69, 9.17) is 10.5 Å². The number of amides is 1. The molecule has 168 valence electrons. The second-order valence-corrected chi connectivity index (χ2v) is 7.75. The van der Waals surface area contributed by atoms with E-state index in [2.05, 4.69) is 16.4 Å². The molecule has 4 N–H and O–H groups in total. The number of hydrogen-bond donors (Lipinski definition) is 3. The molecule has 1 aromatic heterocycles. The van der Waals surface area contributed by atoms with Crippen LogP contribution in [0.25, 0.3) is 11.4 Å². The monoisotopic (exact) mass is 449 g/mol. The van der Waals surface area contributed by atoms with Gasteiger partial charge in [-0.25, -0.2) is 4.39 Å². The lowest BCUT2D eigenvalue weighted by Gasteiger charge is -2.11. The molecule has 0 atom stereocenters. The highest BCUT2D eigenvalue weighted by molar-refractivity contribution is 7.07. The molecule has 8 nitrogen and oxygen atoms in total. The highest BCUT2D eigenvalue weighted by Gasteiger charge is 2.11. The fourth-order valence-electron chi connectivity index (χ4n) is 2.52. The minimum atomic E-state index is -0.694. The first-order chi connectivity index (χ1) is 14.9. The van der Waals surface area contributed by atoms with E-state index in [-0.39, 0.29) is 17.8 Å². The van der Waals surface area contributed by atoms with Crippen LogP contribution in [0.1, 0.15) is 6.92 Å². The molecule has 0 aliphatic carbocycles. The van der Waals surface area contributed by atoms with Gasteiger partial charge in [-0.2, -0.15) is 0 Å². The predicted octanol–water partition coefficient (Wildman–Crippen LogP) is 0.0279. The van der Waals surface area contributed by atoms with Crippen LogP contribution in [0.15, 0.2) is 35.3 Å². The van der Waals surface area contributed by atoms with E-state index in [0.717, 1.165) is 29.3 Å². The number of nitrogens with two attached hydrogens (primary N) is 1. The van der Waals surface area contributed by atoms with Crippen LogP contribution < -0.4 is 35.9 Å². The van der Waals surface area contributed by atoms with Crippen LogP contribution >= 0.6 is 11.3 Å². The number of ether oxygens (including phenoxy) is 1. The number of halogens is 1. The number of nitrogens with zero attached hydrogens (tertiary/aromatic N) is 2. The Bertz CT molecular complexity index is 1090. The Hall–Kier alpha value is -3.07. The lowest BCUT2D eigenvalue weighted by atomic mass is 10.3. The molecule has 1 heterocycles.